The van der Waals surface area contributed by atoms with Gasteiger partial charge in [-0.3, -0.25) is 9.09 Å². The number of hydrogen-bond acceptors (Lipinski definition) is 4. The van der Waals surface area contributed by atoms with Crippen molar-refractivity contribution in [3.63, 3.8) is 0 Å². The summed E-state index contributed by atoms with van der Waals surface area (Å²) in [6.45, 7) is 0. The Morgan fingerprint density at radius 3 is 2.33 bits per heavy atom. The molecule has 0 radical (unpaired) electrons. The molecule has 0 saturated carbocycles. The fourth-order valence-corrected chi connectivity index (χ4v) is 0.0423. The lowest BCUT2D eigenvalue weighted by Gasteiger charge is -1.78. The third kappa shape index (κ3) is 1.79. The Morgan fingerprint density at radius 1 is 1.83 bits per heavy atom. The molecular formula is HFO4Si. The molecule has 6 heteroatoms. The van der Waals surface area contributed by atoms with Crippen LogP contribution in [-0.2, 0) is 13.7 Å². The van der Waals surface area contributed by atoms with Gasteiger partial charge in [-0.25, -0.2) is 5.26 Å². The van der Waals surface area contributed by atoms with Gasteiger partial charge in [0.2, 0.25) is 0 Å². The second kappa shape index (κ2) is 2.73. The molecule has 0 aliphatic rings. The lowest BCUT2D eigenvalue weighted by Crippen LogP contribution is -2.02. The lowest BCUT2D eigenvalue weighted by molar-refractivity contribution is -0.192. The van der Waals surface area contributed by atoms with Crippen LogP contribution in [0.3, 0.4) is 0 Å². The van der Waals surface area contributed by atoms with E-state index in [0.29, 0.717) is 0 Å². The average Bonchev–Trinajstić information content (AvgIpc) is 1.65. The first-order valence-electron chi connectivity index (χ1n) is 0.949. The number of halogens is 1. The molecule has 0 aromatic carbocycles. The molecule has 1 N–H and O–H groups in total. The Hall–Kier alpha value is -0.493. The van der Waals surface area contributed by atoms with Crippen LogP contribution in [-0.4, -0.2) is 14.4 Å². The summed E-state index contributed by atoms with van der Waals surface area (Å²) in [5, 5.41) is 7.20. The minimum absolute atomic E-state index is 2.47. The second-order valence-corrected chi connectivity index (χ2v) is 1.26. The Bertz CT molecular complexity index is 45.5. The van der Waals surface area contributed by atoms with E-state index in [0.717, 1.165) is 0 Å². The smallest absolute Gasteiger partial charge is 0.329 e. The monoisotopic (exact) mass is 112 g/mol. The molecule has 0 spiro atoms. The van der Waals surface area contributed by atoms with Gasteiger partial charge in [-0.15, -0.1) is 0 Å². The highest BCUT2D eigenvalue weighted by Gasteiger charge is 2.09. The highest BCUT2D eigenvalue weighted by molar-refractivity contribution is 6.25. The molecule has 0 atom stereocenters. The lowest BCUT2D eigenvalue weighted by atomic mass is 15.0. The summed E-state index contributed by atoms with van der Waals surface area (Å²) < 4.78 is 25.0. The molecule has 0 bridgehead atoms. The zero-order chi connectivity index (χ0) is 4.99. The van der Waals surface area contributed by atoms with E-state index in [1.807, 2.05) is 0 Å². The minimum atomic E-state index is -3.23. The Morgan fingerprint density at radius 2 is 2.33 bits per heavy atom. The maximum atomic E-state index is 10.3. The van der Waals surface area contributed by atoms with E-state index in [1.165, 1.54) is 0 Å². The largest absolute Gasteiger partial charge is 0.839 e. The molecule has 0 rings (SSSR count). The molecule has 0 aliphatic heterocycles. The van der Waals surface area contributed by atoms with E-state index in [1.54, 1.807) is 0 Å². The van der Waals surface area contributed by atoms with Gasteiger partial charge < -0.3 is 4.58 Å². The van der Waals surface area contributed by atoms with Crippen LogP contribution < -0.4 is 0 Å². The van der Waals surface area contributed by atoms with Crippen LogP contribution in [0.15, 0.2) is 0 Å². The predicted octanol–water partition coefficient (Wildman–Crippen LogP) is -0.208. The van der Waals surface area contributed by atoms with Crippen LogP contribution in [0, 0.1) is 0 Å². The average molecular weight is 112 g/mol. The van der Waals surface area contributed by atoms with Gasteiger partial charge in [0.15, 0.2) is 0 Å². The van der Waals surface area contributed by atoms with Gasteiger partial charge in [0, 0.05) is 4.53 Å². The van der Waals surface area contributed by atoms with Crippen molar-refractivity contribution in [1.29, 1.82) is 0 Å². The van der Waals surface area contributed by atoms with Gasteiger partial charge in [0.05, 0.1) is 0 Å². The van der Waals surface area contributed by atoms with Crippen LogP contribution in [0.2, 0.25) is 0 Å². The van der Waals surface area contributed by atoms with E-state index in [4.69, 9.17) is 5.26 Å². The van der Waals surface area contributed by atoms with E-state index in [9.17, 15) is 8.99 Å². The molecule has 0 aliphatic carbocycles. The summed E-state index contributed by atoms with van der Waals surface area (Å²) in [5.41, 5.74) is 0. The van der Waals surface area contributed by atoms with E-state index in [2.05, 4.69) is 9.21 Å². The molecule has 0 heterocycles. The highest BCUT2D eigenvalue weighted by Crippen LogP contribution is 1.70. The maximum Gasteiger partial charge on any atom is 0.839 e. The highest BCUT2D eigenvalue weighted by atomic mass is 28.3. The number of hydrogen-bond donors (Lipinski definition) is 1. The zero-order valence-electron chi connectivity index (χ0n) is 2.55. The first-order valence-corrected chi connectivity index (χ1v) is 2.17. The quantitative estimate of drug-likeness (QED) is 0.305. The summed E-state index contributed by atoms with van der Waals surface area (Å²) >= 11 is 0. The first-order chi connectivity index (χ1) is 2.81. The van der Waals surface area contributed by atoms with Gasteiger partial charge in [0.25, 0.3) is 0 Å². The van der Waals surface area contributed by atoms with Gasteiger partial charge in [0.1, 0.15) is 0 Å². The summed E-state index contributed by atoms with van der Waals surface area (Å²) in [4.78, 5) is 0. The van der Waals surface area contributed by atoms with E-state index < -0.39 is 9.17 Å². The summed E-state index contributed by atoms with van der Waals surface area (Å²) in [6.07, 6.45) is 0. The molecule has 6 heavy (non-hydrogen) atoms. The van der Waals surface area contributed by atoms with Crippen molar-refractivity contribution < 1.29 is 23.5 Å². The fraction of sp³-hybridized carbons (Fsp3) is 0. The first kappa shape index (κ1) is 5.51. The molecular weight excluding hydrogens is 111 g/mol. The van der Waals surface area contributed by atoms with Crippen LogP contribution in [0.5, 0.6) is 0 Å². The minimum Gasteiger partial charge on any atom is -0.329 e. The van der Waals surface area contributed by atoms with Crippen molar-refractivity contribution in [2.45, 2.75) is 0 Å². The van der Waals surface area contributed by atoms with Crippen molar-refractivity contribution in [1.82, 2.24) is 0 Å². The van der Waals surface area contributed by atoms with Gasteiger partial charge in [-0.1, -0.05) is 0 Å². The van der Waals surface area contributed by atoms with Gasteiger partial charge in [-0.05, 0) is 0 Å². The standard InChI is InChI=1S/FHO4Si/c1-4-6(3)5-2/h2H. The normalized spacial score (nSPS) is 7.00. The summed E-state index contributed by atoms with van der Waals surface area (Å²) in [5.74, 6) is 0. The number of rotatable bonds is 2. The van der Waals surface area contributed by atoms with Crippen molar-refractivity contribution in [2.75, 3.05) is 0 Å². The second-order valence-electron chi connectivity index (χ2n) is 0.418. The van der Waals surface area contributed by atoms with Crippen LogP contribution in [0.25, 0.3) is 0 Å². The zero-order valence-corrected chi connectivity index (χ0v) is 3.55. The van der Waals surface area contributed by atoms with Crippen LogP contribution >= 0.6 is 0 Å². The molecule has 0 saturated heterocycles. The van der Waals surface area contributed by atoms with Crippen molar-refractivity contribution >= 4 is 9.17 Å². The molecule has 4 nitrogen and oxygen atoms in total. The maximum absolute atomic E-state index is 10.3. The van der Waals surface area contributed by atoms with Crippen LogP contribution in [0.1, 0.15) is 0 Å². The van der Waals surface area contributed by atoms with Crippen molar-refractivity contribution in [3.05, 3.63) is 0 Å². The summed E-state index contributed by atoms with van der Waals surface area (Å²) in [7, 11) is -3.23. The third-order valence-corrected chi connectivity index (χ3v) is 0.413. The van der Waals surface area contributed by atoms with Crippen molar-refractivity contribution in [3.8, 4) is 0 Å². The van der Waals surface area contributed by atoms with Crippen molar-refractivity contribution in [2.24, 2.45) is 0 Å². The Balaban J connectivity index is 2.99. The molecule has 0 unspecified atom stereocenters. The third-order valence-electron chi connectivity index (χ3n) is 0.138. The SMILES string of the molecule is O=[Si](OO)OF. The van der Waals surface area contributed by atoms with Gasteiger partial charge >= 0.3 is 9.17 Å². The fourth-order valence-electron chi connectivity index (χ4n) is 0.0141. The Labute approximate surface area is 33.8 Å². The molecule has 36 valence electrons. The van der Waals surface area contributed by atoms with E-state index in [-0.39, 0.29) is 0 Å². The predicted molar refractivity (Wildman–Crippen MR) is 12.3 cm³/mol. The molecule has 0 aromatic rings. The molecule has 0 aromatic heterocycles. The molecule has 0 amide bonds. The van der Waals surface area contributed by atoms with Crippen LogP contribution in [0.4, 0.5) is 4.53 Å². The topological polar surface area (TPSA) is 55.8 Å². The molecule has 0 fully saturated rings. The van der Waals surface area contributed by atoms with E-state index >= 15 is 0 Å². The summed E-state index contributed by atoms with van der Waals surface area (Å²) in [6, 6.07) is 0. The Kier molecular flexibility index (Phi) is 2.50. The van der Waals surface area contributed by atoms with Gasteiger partial charge in [-0.2, -0.15) is 0 Å².